The minimum absolute atomic E-state index is 0.351. The van der Waals surface area contributed by atoms with E-state index in [1.807, 2.05) is 36.4 Å². The van der Waals surface area contributed by atoms with Gasteiger partial charge in [0.2, 0.25) is 0 Å². The maximum absolute atomic E-state index is 10.4. The van der Waals surface area contributed by atoms with Crippen molar-refractivity contribution in [2.45, 2.75) is 6.10 Å². The Kier molecular flexibility index (Phi) is 3.36. The molecule has 4 rings (SSSR count). The summed E-state index contributed by atoms with van der Waals surface area (Å²) in [6.07, 6.45) is 2.39. The lowest BCUT2D eigenvalue weighted by molar-refractivity contribution is 0.191. The summed E-state index contributed by atoms with van der Waals surface area (Å²) in [5.74, 6) is 0.632. The van der Waals surface area contributed by atoms with Crippen LogP contribution in [0.4, 0.5) is 5.82 Å². The lowest BCUT2D eigenvalue weighted by Crippen LogP contribution is -2.13. The van der Waals surface area contributed by atoms with Crippen LogP contribution in [-0.4, -0.2) is 31.6 Å². The Labute approximate surface area is 132 Å². The van der Waals surface area contributed by atoms with E-state index in [0.29, 0.717) is 18.0 Å². The number of H-pyrrole nitrogens is 1. The number of aliphatic hydroxyl groups is 1. The van der Waals surface area contributed by atoms with E-state index >= 15 is 0 Å². The summed E-state index contributed by atoms with van der Waals surface area (Å²) in [6, 6.07) is 14.1. The number of aliphatic hydroxyl groups excluding tert-OH is 1. The monoisotopic (exact) mass is 305 g/mol. The number of hydrogen-bond donors (Lipinski definition) is 3. The fraction of sp³-hybridized carbons (Fsp3) is 0.118. The third-order valence-electron chi connectivity index (χ3n) is 3.84. The van der Waals surface area contributed by atoms with Crippen molar-refractivity contribution in [1.29, 1.82) is 0 Å². The third kappa shape index (κ3) is 2.60. The molecule has 23 heavy (non-hydrogen) atoms. The van der Waals surface area contributed by atoms with Crippen LogP contribution in [0.5, 0.6) is 0 Å². The molecule has 2 aromatic carbocycles. The van der Waals surface area contributed by atoms with Crippen LogP contribution in [0.3, 0.4) is 0 Å². The molecule has 114 valence electrons. The van der Waals surface area contributed by atoms with Crippen molar-refractivity contribution in [3.63, 3.8) is 0 Å². The van der Waals surface area contributed by atoms with E-state index in [-0.39, 0.29) is 0 Å². The third-order valence-corrected chi connectivity index (χ3v) is 3.84. The molecule has 0 spiro atoms. The number of benzene rings is 2. The van der Waals surface area contributed by atoms with Gasteiger partial charge in [0, 0.05) is 6.54 Å². The number of nitrogens with one attached hydrogen (secondary N) is 2. The summed E-state index contributed by atoms with van der Waals surface area (Å²) in [6.45, 7) is 0.351. The molecule has 0 saturated heterocycles. The Balaban J connectivity index is 1.54. The maximum Gasteiger partial charge on any atom is 0.182 e. The fourth-order valence-electron chi connectivity index (χ4n) is 2.63. The molecule has 2 heterocycles. The van der Waals surface area contributed by atoms with Gasteiger partial charge in [-0.05, 0) is 22.4 Å². The highest BCUT2D eigenvalue weighted by atomic mass is 16.3. The van der Waals surface area contributed by atoms with E-state index in [0.717, 1.165) is 21.9 Å². The van der Waals surface area contributed by atoms with Gasteiger partial charge in [-0.2, -0.15) is 0 Å². The molecule has 0 aliphatic heterocycles. The SMILES string of the molecule is OC(CNc1ncnc2nc[nH]c12)c1ccc2ccccc2c1. The number of aromatic amines is 1. The molecule has 1 atom stereocenters. The van der Waals surface area contributed by atoms with Crippen molar-refractivity contribution in [2.75, 3.05) is 11.9 Å². The van der Waals surface area contributed by atoms with Gasteiger partial charge in [0.05, 0.1) is 12.4 Å². The smallest absolute Gasteiger partial charge is 0.182 e. The van der Waals surface area contributed by atoms with Crippen molar-refractivity contribution in [2.24, 2.45) is 0 Å². The summed E-state index contributed by atoms with van der Waals surface area (Å²) < 4.78 is 0. The van der Waals surface area contributed by atoms with E-state index < -0.39 is 6.10 Å². The number of nitrogens with zero attached hydrogens (tertiary/aromatic N) is 3. The predicted molar refractivity (Wildman–Crippen MR) is 89.1 cm³/mol. The molecule has 1 unspecified atom stereocenters. The fourth-order valence-corrected chi connectivity index (χ4v) is 2.63. The van der Waals surface area contributed by atoms with Crippen LogP contribution >= 0.6 is 0 Å². The maximum atomic E-state index is 10.4. The van der Waals surface area contributed by atoms with Crippen LogP contribution in [0.15, 0.2) is 55.1 Å². The Bertz CT molecular complexity index is 965. The van der Waals surface area contributed by atoms with Crippen LogP contribution in [0.2, 0.25) is 0 Å². The zero-order valence-corrected chi connectivity index (χ0v) is 12.3. The Hall–Kier alpha value is -2.99. The number of aromatic nitrogens is 4. The molecule has 0 amide bonds. The Morgan fingerprint density at radius 2 is 1.91 bits per heavy atom. The topological polar surface area (TPSA) is 86.7 Å². The number of imidazole rings is 1. The van der Waals surface area contributed by atoms with Gasteiger partial charge in [0.15, 0.2) is 11.5 Å². The highest BCUT2D eigenvalue weighted by Gasteiger charge is 2.11. The van der Waals surface area contributed by atoms with E-state index in [1.165, 1.54) is 6.33 Å². The normalized spacial score (nSPS) is 12.6. The second kappa shape index (κ2) is 5.66. The molecule has 0 fully saturated rings. The molecule has 0 bridgehead atoms. The Morgan fingerprint density at radius 3 is 2.83 bits per heavy atom. The highest BCUT2D eigenvalue weighted by molar-refractivity contribution is 5.83. The molecule has 0 saturated carbocycles. The van der Waals surface area contributed by atoms with Crippen molar-refractivity contribution in [3.05, 3.63) is 60.7 Å². The molecule has 0 aliphatic carbocycles. The molecule has 4 aromatic rings. The summed E-state index contributed by atoms with van der Waals surface area (Å²) in [7, 11) is 0. The zero-order valence-electron chi connectivity index (χ0n) is 12.3. The van der Waals surface area contributed by atoms with Crippen LogP contribution in [0.25, 0.3) is 21.9 Å². The van der Waals surface area contributed by atoms with E-state index in [2.05, 4.69) is 31.3 Å². The molecule has 2 aromatic heterocycles. The zero-order chi connectivity index (χ0) is 15.6. The van der Waals surface area contributed by atoms with Gasteiger partial charge in [-0.3, -0.25) is 0 Å². The van der Waals surface area contributed by atoms with E-state index in [1.54, 1.807) is 6.33 Å². The van der Waals surface area contributed by atoms with Crippen LogP contribution < -0.4 is 5.32 Å². The Morgan fingerprint density at radius 1 is 1.04 bits per heavy atom. The molecular formula is C17H15N5O. The summed E-state index contributed by atoms with van der Waals surface area (Å²) >= 11 is 0. The first-order valence-electron chi connectivity index (χ1n) is 7.36. The number of rotatable bonds is 4. The number of fused-ring (bicyclic) bond motifs is 2. The molecule has 3 N–H and O–H groups in total. The standard InChI is InChI=1S/C17H15N5O/c23-14(13-6-5-11-3-1-2-4-12(11)7-13)8-18-16-15-17(20-9-19-15)22-10-21-16/h1-7,9-10,14,23H,8H2,(H2,18,19,20,21,22). The lowest BCUT2D eigenvalue weighted by atomic mass is 10.0. The van der Waals surface area contributed by atoms with E-state index in [4.69, 9.17) is 0 Å². The van der Waals surface area contributed by atoms with E-state index in [9.17, 15) is 5.11 Å². The van der Waals surface area contributed by atoms with Gasteiger partial charge >= 0.3 is 0 Å². The first kappa shape index (κ1) is 13.7. The number of anilines is 1. The van der Waals surface area contributed by atoms with Gasteiger partial charge in [0.1, 0.15) is 11.8 Å². The summed E-state index contributed by atoms with van der Waals surface area (Å²) in [5.41, 5.74) is 2.20. The minimum atomic E-state index is -0.632. The van der Waals surface area contributed by atoms with Gasteiger partial charge in [-0.25, -0.2) is 15.0 Å². The predicted octanol–water partition coefficient (Wildman–Crippen LogP) is 2.65. The largest absolute Gasteiger partial charge is 0.387 e. The molecule has 0 aliphatic rings. The van der Waals surface area contributed by atoms with Crippen LogP contribution in [0.1, 0.15) is 11.7 Å². The van der Waals surface area contributed by atoms with Gasteiger partial charge in [0.25, 0.3) is 0 Å². The van der Waals surface area contributed by atoms with Crippen molar-refractivity contribution in [1.82, 2.24) is 19.9 Å². The average Bonchev–Trinajstić information content (AvgIpc) is 3.08. The van der Waals surface area contributed by atoms with Gasteiger partial charge in [-0.1, -0.05) is 36.4 Å². The summed E-state index contributed by atoms with van der Waals surface area (Å²) in [4.78, 5) is 15.3. The quantitative estimate of drug-likeness (QED) is 0.539. The molecular weight excluding hydrogens is 290 g/mol. The van der Waals surface area contributed by atoms with Crippen molar-refractivity contribution < 1.29 is 5.11 Å². The van der Waals surface area contributed by atoms with Crippen molar-refractivity contribution in [3.8, 4) is 0 Å². The van der Waals surface area contributed by atoms with Crippen LogP contribution in [-0.2, 0) is 0 Å². The molecule has 6 heteroatoms. The second-order valence-corrected chi connectivity index (χ2v) is 5.33. The van der Waals surface area contributed by atoms with Crippen molar-refractivity contribution >= 4 is 27.8 Å². The van der Waals surface area contributed by atoms with Gasteiger partial charge < -0.3 is 15.4 Å². The molecule has 0 radical (unpaired) electrons. The first-order chi connectivity index (χ1) is 11.3. The highest BCUT2D eigenvalue weighted by Crippen LogP contribution is 2.21. The lowest BCUT2D eigenvalue weighted by Gasteiger charge is -2.13. The first-order valence-corrected chi connectivity index (χ1v) is 7.36. The summed E-state index contributed by atoms with van der Waals surface area (Å²) in [5, 5.41) is 15.9. The van der Waals surface area contributed by atoms with Gasteiger partial charge in [-0.15, -0.1) is 0 Å². The molecule has 6 nitrogen and oxygen atoms in total. The minimum Gasteiger partial charge on any atom is -0.387 e. The average molecular weight is 305 g/mol. The second-order valence-electron chi connectivity index (χ2n) is 5.33. The number of hydrogen-bond acceptors (Lipinski definition) is 5. The van der Waals surface area contributed by atoms with Crippen LogP contribution in [0, 0.1) is 0 Å².